The van der Waals surface area contributed by atoms with Gasteiger partial charge in [-0.3, -0.25) is 10.1 Å². The average molecular weight is 281 g/mol. The summed E-state index contributed by atoms with van der Waals surface area (Å²) in [6.07, 6.45) is -0.121. The number of carboxylic acid groups (broad SMARTS) is 1. The standard InChI is InChI=1S/C15H23NO4/c1-4-13(16-10(3)15(18)19)14(17)11-6-8-12(9-7-11)20-5-2/h6-10,13-14,16-17H,4-5H2,1-3H3,(H,18,19). The predicted octanol–water partition coefficient (Wildman–Crippen LogP) is 1.96. The van der Waals surface area contributed by atoms with Gasteiger partial charge in [-0.25, -0.2) is 0 Å². The first kappa shape index (κ1) is 16.5. The third-order valence-corrected chi connectivity index (χ3v) is 3.19. The lowest BCUT2D eigenvalue weighted by atomic mass is 9.99. The molecular formula is C15H23NO4. The summed E-state index contributed by atoms with van der Waals surface area (Å²) in [5, 5.41) is 22.2. The number of hydrogen-bond acceptors (Lipinski definition) is 4. The van der Waals surface area contributed by atoms with Crippen LogP contribution in [0.2, 0.25) is 0 Å². The summed E-state index contributed by atoms with van der Waals surface area (Å²) in [4.78, 5) is 10.9. The van der Waals surface area contributed by atoms with Gasteiger partial charge in [0.15, 0.2) is 0 Å². The van der Waals surface area contributed by atoms with Crippen LogP contribution in [0.1, 0.15) is 38.9 Å². The van der Waals surface area contributed by atoms with Crippen LogP contribution in [-0.4, -0.2) is 34.9 Å². The van der Waals surface area contributed by atoms with E-state index in [0.717, 1.165) is 11.3 Å². The lowest BCUT2D eigenvalue weighted by Gasteiger charge is -2.25. The SMILES string of the molecule is CCOc1ccc(C(O)C(CC)NC(C)C(=O)O)cc1. The average Bonchev–Trinajstić information content (AvgIpc) is 2.44. The van der Waals surface area contributed by atoms with Crippen molar-refractivity contribution in [3.05, 3.63) is 29.8 Å². The van der Waals surface area contributed by atoms with Crippen LogP contribution in [0.25, 0.3) is 0 Å². The van der Waals surface area contributed by atoms with Crippen molar-refractivity contribution < 1.29 is 19.7 Å². The summed E-state index contributed by atoms with van der Waals surface area (Å²) in [6.45, 7) is 5.98. The molecule has 0 spiro atoms. The minimum absolute atomic E-state index is 0.306. The molecule has 0 aliphatic rings. The van der Waals surface area contributed by atoms with Gasteiger partial charge in [0.1, 0.15) is 11.8 Å². The Morgan fingerprint density at radius 1 is 1.30 bits per heavy atom. The van der Waals surface area contributed by atoms with Crippen molar-refractivity contribution >= 4 is 5.97 Å². The molecule has 5 nitrogen and oxygen atoms in total. The van der Waals surface area contributed by atoms with E-state index in [-0.39, 0.29) is 6.04 Å². The number of carbonyl (C=O) groups is 1. The van der Waals surface area contributed by atoms with Gasteiger partial charge in [-0.2, -0.15) is 0 Å². The maximum absolute atomic E-state index is 10.9. The Hall–Kier alpha value is -1.59. The lowest BCUT2D eigenvalue weighted by molar-refractivity contribution is -0.139. The minimum atomic E-state index is -0.928. The maximum Gasteiger partial charge on any atom is 0.320 e. The molecule has 0 bridgehead atoms. The number of ether oxygens (including phenoxy) is 1. The van der Waals surface area contributed by atoms with Gasteiger partial charge >= 0.3 is 5.97 Å². The summed E-state index contributed by atoms with van der Waals surface area (Å²) < 4.78 is 5.35. The van der Waals surface area contributed by atoms with Gasteiger partial charge < -0.3 is 14.9 Å². The number of rotatable bonds is 8. The Morgan fingerprint density at radius 2 is 1.90 bits per heavy atom. The summed E-state index contributed by atoms with van der Waals surface area (Å²) in [6, 6.07) is 6.19. The van der Waals surface area contributed by atoms with Crippen LogP contribution >= 0.6 is 0 Å². The number of aliphatic hydroxyl groups is 1. The molecule has 0 fully saturated rings. The minimum Gasteiger partial charge on any atom is -0.494 e. The van der Waals surface area contributed by atoms with E-state index in [0.29, 0.717) is 13.0 Å². The molecule has 0 aliphatic heterocycles. The number of benzene rings is 1. The molecule has 0 heterocycles. The first-order valence-electron chi connectivity index (χ1n) is 6.89. The van der Waals surface area contributed by atoms with Crippen molar-refractivity contribution in [3.63, 3.8) is 0 Å². The topological polar surface area (TPSA) is 78.8 Å². The van der Waals surface area contributed by atoms with Crippen molar-refractivity contribution in [2.75, 3.05) is 6.61 Å². The highest BCUT2D eigenvalue weighted by atomic mass is 16.5. The highest BCUT2D eigenvalue weighted by molar-refractivity contribution is 5.72. The van der Waals surface area contributed by atoms with Gasteiger partial charge in [0.2, 0.25) is 0 Å². The second-order valence-corrected chi connectivity index (χ2v) is 4.69. The fourth-order valence-electron chi connectivity index (χ4n) is 1.98. The van der Waals surface area contributed by atoms with Gasteiger partial charge in [0, 0.05) is 6.04 Å². The van der Waals surface area contributed by atoms with E-state index in [1.165, 1.54) is 0 Å². The Balaban J connectivity index is 2.74. The number of aliphatic carboxylic acids is 1. The molecule has 3 N–H and O–H groups in total. The van der Waals surface area contributed by atoms with E-state index in [1.54, 1.807) is 31.2 Å². The van der Waals surface area contributed by atoms with Gasteiger partial charge in [-0.15, -0.1) is 0 Å². The monoisotopic (exact) mass is 281 g/mol. The smallest absolute Gasteiger partial charge is 0.320 e. The molecule has 3 atom stereocenters. The zero-order valence-electron chi connectivity index (χ0n) is 12.2. The molecule has 0 amide bonds. The third kappa shape index (κ3) is 4.51. The molecule has 3 unspecified atom stereocenters. The molecule has 0 saturated heterocycles. The Kier molecular flexibility index (Phi) is 6.48. The molecule has 20 heavy (non-hydrogen) atoms. The maximum atomic E-state index is 10.9. The Bertz CT molecular complexity index is 418. The number of aliphatic hydroxyl groups excluding tert-OH is 1. The first-order chi connectivity index (χ1) is 9.49. The zero-order valence-corrected chi connectivity index (χ0v) is 12.2. The molecule has 1 rings (SSSR count). The van der Waals surface area contributed by atoms with E-state index >= 15 is 0 Å². The normalized spacial score (nSPS) is 15.4. The molecule has 0 saturated carbocycles. The second-order valence-electron chi connectivity index (χ2n) is 4.69. The number of carboxylic acids is 1. The molecule has 112 valence electrons. The van der Waals surface area contributed by atoms with Crippen LogP contribution in [-0.2, 0) is 4.79 Å². The molecule has 1 aromatic carbocycles. The van der Waals surface area contributed by atoms with E-state index in [9.17, 15) is 9.90 Å². The lowest BCUT2D eigenvalue weighted by Crippen LogP contribution is -2.44. The van der Waals surface area contributed by atoms with E-state index in [1.807, 2.05) is 13.8 Å². The summed E-state index contributed by atoms with van der Waals surface area (Å²) in [5.41, 5.74) is 0.741. The quantitative estimate of drug-likeness (QED) is 0.679. The predicted molar refractivity (Wildman–Crippen MR) is 76.9 cm³/mol. The van der Waals surface area contributed by atoms with Crippen LogP contribution < -0.4 is 10.1 Å². The number of hydrogen-bond donors (Lipinski definition) is 3. The highest BCUT2D eigenvalue weighted by Gasteiger charge is 2.23. The molecular weight excluding hydrogens is 258 g/mol. The third-order valence-electron chi connectivity index (χ3n) is 3.19. The van der Waals surface area contributed by atoms with E-state index < -0.39 is 18.1 Å². The van der Waals surface area contributed by atoms with Gasteiger partial charge in [-0.05, 0) is 38.0 Å². The van der Waals surface area contributed by atoms with Crippen molar-refractivity contribution in [1.29, 1.82) is 0 Å². The molecule has 0 aliphatic carbocycles. The van der Waals surface area contributed by atoms with E-state index in [4.69, 9.17) is 9.84 Å². The summed E-state index contributed by atoms with van der Waals surface area (Å²) in [5.74, 6) is -0.175. The molecule has 5 heteroatoms. The zero-order chi connectivity index (χ0) is 15.1. The van der Waals surface area contributed by atoms with Crippen molar-refractivity contribution in [3.8, 4) is 5.75 Å². The van der Waals surface area contributed by atoms with Gasteiger partial charge in [0.05, 0.1) is 12.7 Å². The summed E-state index contributed by atoms with van der Waals surface area (Å²) in [7, 11) is 0. The van der Waals surface area contributed by atoms with Crippen molar-refractivity contribution in [2.45, 2.75) is 45.4 Å². The van der Waals surface area contributed by atoms with Crippen LogP contribution in [0.4, 0.5) is 0 Å². The van der Waals surface area contributed by atoms with Crippen LogP contribution in [0, 0.1) is 0 Å². The van der Waals surface area contributed by atoms with Crippen LogP contribution in [0.3, 0.4) is 0 Å². The largest absolute Gasteiger partial charge is 0.494 e. The molecule has 0 radical (unpaired) electrons. The van der Waals surface area contributed by atoms with Crippen molar-refractivity contribution in [2.24, 2.45) is 0 Å². The Labute approximate surface area is 119 Å². The van der Waals surface area contributed by atoms with Gasteiger partial charge in [0.25, 0.3) is 0 Å². The van der Waals surface area contributed by atoms with Crippen LogP contribution in [0.5, 0.6) is 5.75 Å². The Morgan fingerprint density at radius 3 is 2.35 bits per heavy atom. The molecule has 0 aromatic heterocycles. The fraction of sp³-hybridized carbons (Fsp3) is 0.533. The molecule has 1 aromatic rings. The number of nitrogens with one attached hydrogen (secondary N) is 1. The van der Waals surface area contributed by atoms with Crippen LogP contribution in [0.15, 0.2) is 24.3 Å². The van der Waals surface area contributed by atoms with Gasteiger partial charge in [-0.1, -0.05) is 19.1 Å². The second kappa shape index (κ2) is 7.87. The van der Waals surface area contributed by atoms with E-state index in [2.05, 4.69) is 5.32 Å². The van der Waals surface area contributed by atoms with Crippen molar-refractivity contribution in [1.82, 2.24) is 5.32 Å². The fourth-order valence-corrected chi connectivity index (χ4v) is 1.98. The first-order valence-corrected chi connectivity index (χ1v) is 6.89. The highest BCUT2D eigenvalue weighted by Crippen LogP contribution is 2.22. The summed E-state index contributed by atoms with van der Waals surface area (Å²) >= 11 is 0.